The summed E-state index contributed by atoms with van der Waals surface area (Å²) in [6.07, 6.45) is 7.29. The van der Waals surface area contributed by atoms with E-state index in [9.17, 15) is 9.90 Å². The van der Waals surface area contributed by atoms with Gasteiger partial charge in [-0.1, -0.05) is 26.2 Å². The average Bonchev–Trinajstić information content (AvgIpc) is 2.30. The van der Waals surface area contributed by atoms with Crippen LogP contribution in [0.2, 0.25) is 0 Å². The van der Waals surface area contributed by atoms with Crippen LogP contribution in [0.4, 0.5) is 0 Å². The van der Waals surface area contributed by atoms with E-state index >= 15 is 0 Å². The van der Waals surface area contributed by atoms with Gasteiger partial charge in [0, 0.05) is 13.2 Å². The summed E-state index contributed by atoms with van der Waals surface area (Å²) in [6.45, 7) is 3.40. The molecule has 0 aromatic carbocycles. The van der Waals surface area contributed by atoms with Crippen molar-refractivity contribution in [1.29, 1.82) is 0 Å². The highest BCUT2D eigenvalue weighted by atomic mass is 16.5. The highest BCUT2D eigenvalue weighted by molar-refractivity contribution is 5.78. The Bertz CT molecular complexity index is 247. The van der Waals surface area contributed by atoms with E-state index in [1.54, 1.807) is 7.05 Å². The predicted octanol–water partition coefficient (Wildman–Crippen LogP) is 2.43. The van der Waals surface area contributed by atoms with Crippen LogP contribution in [-0.4, -0.2) is 36.9 Å². The monoisotopic (exact) mass is 257 g/mol. The second-order valence-electron chi connectivity index (χ2n) is 5.29. The van der Waals surface area contributed by atoms with Crippen molar-refractivity contribution in [3.8, 4) is 0 Å². The molecule has 1 saturated carbocycles. The van der Waals surface area contributed by atoms with E-state index in [0.717, 1.165) is 18.9 Å². The second-order valence-corrected chi connectivity index (χ2v) is 5.29. The lowest BCUT2D eigenvalue weighted by Crippen LogP contribution is -2.49. The zero-order valence-corrected chi connectivity index (χ0v) is 11.7. The molecule has 0 amide bonds. The highest BCUT2D eigenvalue weighted by Gasteiger charge is 2.34. The van der Waals surface area contributed by atoms with Crippen molar-refractivity contribution in [2.75, 3.05) is 20.3 Å². The molecule has 1 rings (SSSR count). The molecule has 1 aliphatic rings. The molecule has 0 aliphatic heterocycles. The van der Waals surface area contributed by atoms with Crippen molar-refractivity contribution in [3.63, 3.8) is 0 Å². The molecule has 106 valence electrons. The third kappa shape index (κ3) is 4.25. The third-order valence-corrected chi connectivity index (χ3v) is 4.28. The standard InChI is InChI=1S/C14H27NO3/c1-3-14(15-2,13(16)17)9-5-10-18-11-8-12-6-4-7-12/h12,15H,3-11H2,1-2H3,(H,16,17). The number of hydrogen-bond acceptors (Lipinski definition) is 3. The molecular formula is C14H27NO3. The number of carboxylic acids is 1. The predicted molar refractivity (Wildman–Crippen MR) is 71.7 cm³/mol. The van der Waals surface area contributed by atoms with E-state index in [-0.39, 0.29) is 0 Å². The van der Waals surface area contributed by atoms with E-state index in [2.05, 4.69) is 5.32 Å². The fourth-order valence-electron chi connectivity index (χ4n) is 2.45. The minimum atomic E-state index is -0.780. The van der Waals surface area contributed by atoms with Gasteiger partial charge in [-0.2, -0.15) is 0 Å². The summed E-state index contributed by atoms with van der Waals surface area (Å²) in [5.74, 6) is 0.123. The van der Waals surface area contributed by atoms with Crippen LogP contribution < -0.4 is 5.32 Å². The highest BCUT2D eigenvalue weighted by Crippen LogP contribution is 2.29. The first-order valence-electron chi connectivity index (χ1n) is 7.14. The van der Waals surface area contributed by atoms with E-state index in [1.165, 1.54) is 25.7 Å². The van der Waals surface area contributed by atoms with Gasteiger partial charge < -0.3 is 15.2 Å². The fourth-order valence-corrected chi connectivity index (χ4v) is 2.45. The largest absolute Gasteiger partial charge is 0.480 e. The Morgan fingerprint density at radius 2 is 2.17 bits per heavy atom. The lowest BCUT2D eigenvalue weighted by molar-refractivity contribution is -0.145. The molecule has 0 bridgehead atoms. The first kappa shape index (κ1) is 15.4. The topological polar surface area (TPSA) is 58.6 Å². The van der Waals surface area contributed by atoms with Crippen molar-refractivity contribution in [3.05, 3.63) is 0 Å². The van der Waals surface area contributed by atoms with Gasteiger partial charge in [-0.25, -0.2) is 0 Å². The van der Waals surface area contributed by atoms with Crippen LogP contribution in [0.15, 0.2) is 0 Å². The van der Waals surface area contributed by atoms with Gasteiger partial charge in [-0.05, 0) is 38.6 Å². The van der Waals surface area contributed by atoms with Crippen molar-refractivity contribution >= 4 is 5.97 Å². The Balaban J connectivity index is 2.08. The van der Waals surface area contributed by atoms with Gasteiger partial charge in [0.15, 0.2) is 0 Å². The third-order valence-electron chi connectivity index (χ3n) is 4.28. The Kier molecular flexibility index (Phi) is 6.65. The van der Waals surface area contributed by atoms with Gasteiger partial charge in [-0.3, -0.25) is 4.79 Å². The number of ether oxygens (including phenoxy) is 1. The Morgan fingerprint density at radius 3 is 2.61 bits per heavy atom. The van der Waals surface area contributed by atoms with Gasteiger partial charge in [0.05, 0.1) is 0 Å². The number of carbonyl (C=O) groups is 1. The van der Waals surface area contributed by atoms with Crippen molar-refractivity contribution < 1.29 is 14.6 Å². The maximum absolute atomic E-state index is 11.2. The maximum atomic E-state index is 11.2. The minimum absolute atomic E-state index is 0.598. The number of aliphatic carboxylic acids is 1. The molecule has 0 saturated heterocycles. The molecule has 0 radical (unpaired) electrons. The van der Waals surface area contributed by atoms with E-state index in [1.807, 2.05) is 6.92 Å². The zero-order chi connectivity index (χ0) is 13.4. The van der Waals surface area contributed by atoms with Gasteiger partial charge >= 0.3 is 5.97 Å². The van der Waals surface area contributed by atoms with E-state index < -0.39 is 11.5 Å². The van der Waals surface area contributed by atoms with Crippen LogP contribution >= 0.6 is 0 Å². The summed E-state index contributed by atoms with van der Waals surface area (Å²) in [6, 6.07) is 0. The quantitative estimate of drug-likeness (QED) is 0.590. The summed E-state index contributed by atoms with van der Waals surface area (Å²) in [5.41, 5.74) is -0.780. The van der Waals surface area contributed by atoms with Gasteiger partial charge in [0.25, 0.3) is 0 Å². The maximum Gasteiger partial charge on any atom is 0.323 e. The van der Waals surface area contributed by atoms with Crippen LogP contribution in [0.3, 0.4) is 0 Å². The van der Waals surface area contributed by atoms with Crippen molar-refractivity contribution in [2.45, 2.75) is 57.4 Å². The summed E-state index contributed by atoms with van der Waals surface area (Å²) in [4.78, 5) is 11.2. The Hall–Kier alpha value is -0.610. The molecule has 2 N–H and O–H groups in total. The van der Waals surface area contributed by atoms with Crippen LogP contribution in [0.25, 0.3) is 0 Å². The first-order valence-corrected chi connectivity index (χ1v) is 7.14. The summed E-state index contributed by atoms with van der Waals surface area (Å²) in [7, 11) is 1.72. The van der Waals surface area contributed by atoms with Crippen molar-refractivity contribution in [1.82, 2.24) is 5.32 Å². The molecular weight excluding hydrogens is 230 g/mol. The Labute approximate surface area is 110 Å². The molecule has 4 nitrogen and oxygen atoms in total. The molecule has 4 heteroatoms. The summed E-state index contributed by atoms with van der Waals surface area (Å²) < 4.78 is 5.58. The number of hydrogen-bond donors (Lipinski definition) is 2. The lowest BCUT2D eigenvalue weighted by atomic mass is 9.83. The van der Waals surface area contributed by atoms with Gasteiger partial charge in [-0.15, -0.1) is 0 Å². The van der Waals surface area contributed by atoms with Crippen molar-refractivity contribution in [2.24, 2.45) is 5.92 Å². The van der Waals surface area contributed by atoms with Crippen LogP contribution in [0, 0.1) is 5.92 Å². The average molecular weight is 257 g/mol. The molecule has 1 fully saturated rings. The molecule has 0 aromatic heterocycles. The molecule has 0 heterocycles. The van der Waals surface area contributed by atoms with Gasteiger partial charge in [0.2, 0.25) is 0 Å². The lowest BCUT2D eigenvalue weighted by Gasteiger charge is -2.28. The zero-order valence-electron chi connectivity index (χ0n) is 11.7. The first-order chi connectivity index (χ1) is 8.64. The van der Waals surface area contributed by atoms with Gasteiger partial charge in [0.1, 0.15) is 5.54 Å². The molecule has 1 aliphatic carbocycles. The Morgan fingerprint density at radius 1 is 1.44 bits per heavy atom. The van der Waals surface area contributed by atoms with E-state index in [0.29, 0.717) is 19.4 Å². The van der Waals surface area contributed by atoms with E-state index in [4.69, 9.17) is 4.74 Å². The van der Waals surface area contributed by atoms with Crippen LogP contribution in [0.1, 0.15) is 51.9 Å². The van der Waals surface area contributed by atoms with Crippen LogP contribution in [-0.2, 0) is 9.53 Å². The smallest absolute Gasteiger partial charge is 0.323 e. The summed E-state index contributed by atoms with van der Waals surface area (Å²) in [5, 5.41) is 12.2. The number of rotatable bonds is 10. The SMILES string of the molecule is CCC(CCCOCCC1CCC1)(NC)C(=O)O. The molecule has 18 heavy (non-hydrogen) atoms. The molecule has 0 spiro atoms. The number of likely N-dealkylation sites (N-methyl/N-ethyl adjacent to an activating group) is 1. The minimum Gasteiger partial charge on any atom is -0.480 e. The number of carboxylic acid groups (broad SMARTS) is 1. The molecule has 1 atom stereocenters. The second kappa shape index (κ2) is 7.74. The van der Waals surface area contributed by atoms with Crippen LogP contribution in [0.5, 0.6) is 0 Å². The normalized spacial score (nSPS) is 19.2. The molecule has 1 unspecified atom stereocenters. The molecule has 0 aromatic rings. The fraction of sp³-hybridized carbons (Fsp3) is 0.929. The number of nitrogens with one attached hydrogen (secondary N) is 1. The summed E-state index contributed by atoms with van der Waals surface area (Å²) >= 11 is 0.